The fourth-order valence-electron chi connectivity index (χ4n) is 3.93. The minimum absolute atomic E-state index is 0.0114. The van der Waals surface area contributed by atoms with E-state index in [-0.39, 0.29) is 16.8 Å². The van der Waals surface area contributed by atoms with Gasteiger partial charge >= 0.3 is 0 Å². The molecule has 0 saturated heterocycles. The maximum atomic E-state index is 13.5. The van der Waals surface area contributed by atoms with Crippen LogP contribution >= 0.6 is 11.6 Å². The van der Waals surface area contributed by atoms with Gasteiger partial charge in [0.1, 0.15) is 17.2 Å². The Hall–Kier alpha value is -3.64. The molecule has 6 nitrogen and oxygen atoms in total. The molecule has 0 radical (unpaired) electrons. The topological polar surface area (TPSA) is 72.6 Å². The molecule has 0 aliphatic carbocycles. The van der Waals surface area contributed by atoms with Gasteiger partial charge in [-0.25, -0.2) is 4.98 Å². The Labute approximate surface area is 182 Å². The van der Waals surface area contributed by atoms with Crippen LogP contribution in [0.2, 0.25) is 5.02 Å². The number of nitrogens with zero attached hydrogens (tertiary/aromatic N) is 2. The normalized spacial score (nSPS) is 15.4. The maximum absolute atomic E-state index is 13.5. The van der Waals surface area contributed by atoms with Gasteiger partial charge in [-0.05, 0) is 55.0 Å². The van der Waals surface area contributed by atoms with Crippen LogP contribution in [-0.4, -0.2) is 17.5 Å². The molecule has 1 aliphatic heterocycles. The molecule has 4 aromatic rings. The molecule has 1 atom stereocenters. The minimum Gasteiger partial charge on any atom is -0.494 e. The van der Waals surface area contributed by atoms with Gasteiger partial charge in [0.2, 0.25) is 5.76 Å². The van der Waals surface area contributed by atoms with E-state index in [1.807, 2.05) is 31.2 Å². The molecule has 0 fully saturated rings. The molecule has 1 amide bonds. The molecule has 5 rings (SSSR count). The summed E-state index contributed by atoms with van der Waals surface area (Å²) in [4.78, 5) is 32.8. The number of pyridine rings is 1. The van der Waals surface area contributed by atoms with Crippen molar-refractivity contribution in [3.63, 3.8) is 0 Å². The van der Waals surface area contributed by atoms with Crippen LogP contribution in [0, 0.1) is 0 Å². The van der Waals surface area contributed by atoms with Gasteiger partial charge in [0.15, 0.2) is 5.43 Å². The number of ether oxygens (including phenoxy) is 1. The highest BCUT2D eigenvalue weighted by molar-refractivity contribution is 6.31. The van der Waals surface area contributed by atoms with Gasteiger partial charge in [0, 0.05) is 11.2 Å². The Balaban J connectivity index is 1.80. The first-order valence-electron chi connectivity index (χ1n) is 9.82. The number of hydrogen-bond donors (Lipinski definition) is 0. The van der Waals surface area contributed by atoms with Gasteiger partial charge in [-0.3, -0.25) is 14.5 Å². The summed E-state index contributed by atoms with van der Waals surface area (Å²) in [5.41, 5.74) is 1.000. The SMILES string of the molecule is CCOc1cccc([C@H]2c3c(oc4ccc(Cl)cc4c3=O)C(=O)N2c2ccccn2)c1. The summed E-state index contributed by atoms with van der Waals surface area (Å²) in [5, 5.41) is 0.744. The predicted molar refractivity (Wildman–Crippen MR) is 118 cm³/mol. The van der Waals surface area contributed by atoms with Gasteiger partial charge in [0.25, 0.3) is 5.91 Å². The van der Waals surface area contributed by atoms with Crippen molar-refractivity contribution in [3.8, 4) is 5.75 Å². The summed E-state index contributed by atoms with van der Waals surface area (Å²) in [6.07, 6.45) is 1.60. The number of aromatic nitrogens is 1. The molecule has 0 spiro atoms. The third-order valence-corrected chi connectivity index (χ3v) is 5.45. The second-order valence-electron chi connectivity index (χ2n) is 7.09. The highest BCUT2D eigenvalue weighted by Gasteiger charge is 2.44. The van der Waals surface area contributed by atoms with Crippen LogP contribution in [0.15, 0.2) is 76.1 Å². The summed E-state index contributed by atoms with van der Waals surface area (Å²) < 4.78 is 11.6. The first-order valence-corrected chi connectivity index (χ1v) is 10.2. The number of halogens is 1. The molecule has 2 aromatic heterocycles. The van der Waals surface area contributed by atoms with E-state index in [2.05, 4.69) is 4.98 Å². The van der Waals surface area contributed by atoms with Gasteiger partial charge in [0.05, 0.1) is 23.6 Å². The van der Waals surface area contributed by atoms with Gasteiger partial charge in [-0.1, -0.05) is 29.8 Å². The lowest BCUT2D eigenvalue weighted by atomic mass is 9.98. The van der Waals surface area contributed by atoms with Crippen molar-refractivity contribution in [1.82, 2.24) is 4.98 Å². The van der Waals surface area contributed by atoms with Crippen molar-refractivity contribution in [2.24, 2.45) is 0 Å². The number of carbonyl (C=O) groups is 1. The molecule has 0 unspecified atom stereocenters. The van der Waals surface area contributed by atoms with Gasteiger partial charge < -0.3 is 9.15 Å². The Morgan fingerprint density at radius 3 is 2.74 bits per heavy atom. The van der Waals surface area contributed by atoms with E-state index < -0.39 is 11.9 Å². The second kappa shape index (κ2) is 7.56. The number of fused-ring (bicyclic) bond motifs is 2. The van der Waals surface area contributed by atoms with Gasteiger partial charge in [-0.15, -0.1) is 0 Å². The van der Waals surface area contributed by atoms with Crippen molar-refractivity contribution in [3.05, 3.63) is 99.0 Å². The lowest BCUT2D eigenvalue weighted by Gasteiger charge is -2.24. The van der Waals surface area contributed by atoms with Crippen LogP contribution in [0.25, 0.3) is 11.0 Å². The molecular weight excluding hydrogens is 416 g/mol. The molecule has 3 heterocycles. The van der Waals surface area contributed by atoms with Crippen molar-refractivity contribution in [2.75, 3.05) is 11.5 Å². The number of anilines is 1. The van der Waals surface area contributed by atoms with Crippen LogP contribution in [0.1, 0.15) is 34.6 Å². The zero-order valence-corrected chi connectivity index (χ0v) is 17.3. The smallest absolute Gasteiger partial charge is 0.296 e. The molecule has 31 heavy (non-hydrogen) atoms. The molecule has 1 aliphatic rings. The Bertz CT molecular complexity index is 1370. The molecule has 154 valence electrons. The molecule has 0 bridgehead atoms. The number of carbonyl (C=O) groups excluding carboxylic acids is 1. The highest BCUT2D eigenvalue weighted by atomic mass is 35.5. The maximum Gasteiger partial charge on any atom is 0.296 e. The first kappa shape index (κ1) is 19.3. The average Bonchev–Trinajstić information content (AvgIpc) is 3.08. The van der Waals surface area contributed by atoms with E-state index in [4.69, 9.17) is 20.8 Å². The van der Waals surface area contributed by atoms with E-state index in [1.165, 1.54) is 4.90 Å². The molecule has 2 aromatic carbocycles. The summed E-state index contributed by atoms with van der Waals surface area (Å²) >= 11 is 6.12. The van der Waals surface area contributed by atoms with Crippen molar-refractivity contribution >= 4 is 34.3 Å². The van der Waals surface area contributed by atoms with Crippen LogP contribution in [0.3, 0.4) is 0 Å². The van der Waals surface area contributed by atoms with Crippen molar-refractivity contribution in [1.29, 1.82) is 0 Å². The van der Waals surface area contributed by atoms with E-state index in [9.17, 15) is 9.59 Å². The van der Waals surface area contributed by atoms with Crippen molar-refractivity contribution < 1.29 is 13.9 Å². The van der Waals surface area contributed by atoms with Gasteiger partial charge in [-0.2, -0.15) is 0 Å². The number of rotatable bonds is 4. The zero-order valence-electron chi connectivity index (χ0n) is 16.5. The molecular formula is C24H17ClN2O4. The Morgan fingerprint density at radius 2 is 1.97 bits per heavy atom. The number of amides is 1. The van der Waals surface area contributed by atoms with Crippen LogP contribution in [-0.2, 0) is 0 Å². The third kappa shape index (κ3) is 3.16. The largest absolute Gasteiger partial charge is 0.494 e. The lowest BCUT2D eigenvalue weighted by molar-refractivity contribution is 0.0970. The summed E-state index contributed by atoms with van der Waals surface area (Å²) in [5.74, 6) is 0.661. The fraction of sp³-hybridized carbons (Fsp3) is 0.125. The molecule has 7 heteroatoms. The standard InChI is InChI=1S/C24H17ClN2O4/c1-2-30-16-7-5-6-14(12-16)21-20-22(28)17-13-15(25)9-10-18(17)31-23(20)24(29)27(21)19-8-3-4-11-26-19/h3-13,21H,2H2,1H3/t21-/m0/s1. The average molecular weight is 433 g/mol. The summed E-state index contributed by atoms with van der Waals surface area (Å²) in [7, 11) is 0. The lowest BCUT2D eigenvalue weighted by Crippen LogP contribution is -2.30. The van der Waals surface area contributed by atoms with E-state index >= 15 is 0 Å². The quantitative estimate of drug-likeness (QED) is 0.454. The van der Waals surface area contributed by atoms with Crippen LogP contribution in [0.4, 0.5) is 5.82 Å². The Morgan fingerprint density at radius 1 is 1.10 bits per heavy atom. The van der Waals surface area contributed by atoms with Crippen LogP contribution in [0.5, 0.6) is 5.75 Å². The molecule has 0 saturated carbocycles. The monoisotopic (exact) mass is 432 g/mol. The summed E-state index contributed by atoms with van der Waals surface area (Å²) in [6.45, 7) is 2.39. The Kier molecular flexibility index (Phi) is 4.71. The van der Waals surface area contributed by atoms with E-state index in [0.29, 0.717) is 34.2 Å². The predicted octanol–water partition coefficient (Wildman–Crippen LogP) is 4.99. The molecule has 0 N–H and O–H groups in total. The van der Waals surface area contributed by atoms with E-state index in [0.717, 1.165) is 5.56 Å². The zero-order chi connectivity index (χ0) is 21.5. The second-order valence-corrected chi connectivity index (χ2v) is 7.52. The fourth-order valence-corrected chi connectivity index (χ4v) is 4.11. The van der Waals surface area contributed by atoms with Crippen molar-refractivity contribution in [2.45, 2.75) is 13.0 Å². The highest BCUT2D eigenvalue weighted by Crippen LogP contribution is 2.41. The van der Waals surface area contributed by atoms with E-state index in [1.54, 1.807) is 42.6 Å². The first-order chi connectivity index (χ1) is 15.1. The third-order valence-electron chi connectivity index (χ3n) is 5.21. The number of benzene rings is 2. The number of hydrogen-bond acceptors (Lipinski definition) is 5. The minimum atomic E-state index is -0.711. The van der Waals surface area contributed by atoms with Crippen LogP contribution < -0.4 is 15.1 Å². The summed E-state index contributed by atoms with van der Waals surface area (Å²) in [6, 6.07) is 16.7.